The van der Waals surface area contributed by atoms with Crippen molar-refractivity contribution in [3.8, 4) is 0 Å². The summed E-state index contributed by atoms with van der Waals surface area (Å²) in [6, 6.07) is 0. The van der Waals surface area contributed by atoms with E-state index in [1.54, 1.807) is 18.8 Å². The second kappa shape index (κ2) is 12.5. The summed E-state index contributed by atoms with van der Waals surface area (Å²) in [5.41, 5.74) is 17.0. The second-order valence-corrected chi connectivity index (χ2v) is 8.79. The third-order valence-corrected chi connectivity index (χ3v) is 5.60. The van der Waals surface area contributed by atoms with E-state index in [1.165, 1.54) is 16.2 Å². The SMILES string of the molecule is CN1C(N)=NS(=O)(=O)NC1=NCCSCc1csc(N=C(N)N)n1.O=C(O)/C=C\C(=O)O. The Morgan fingerprint density at radius 1 is 1.31 bits per heavy atom. The van der Waals surface area contributed by atoms with E-state index in [2.05, 4.69) is 24.1 Å². The van der Waals surface area contributed by atoms with Crippen LogP contribution in [0.1, 0.15) is 5.69 Å². The van der Waals surface area contributed by atoms with Crippen LogP contribution in [0, 0.1) is 0 Å². The van der Waals surface area contributed by atoms with Crippen LogP contribution in [0.3, 0.4) is 0 Å². The highest BCUT2D eigenvalue weighted by molar-refractivity contribution is 7.98. The molecule has 18 heteroatoms. The molecule has 0 atom stereocenters. The number of aromatic nitrogens is 1. The maximum atomic E-state index is 11.4. The minimum atomic E-state index is -3.81. The van der Waals surface area contributed by atoms with Crippen molar-refractivity contribution in [1.29, 1.82) is 0 Å². The summed E-state index contributed by atoms with van der Waals surface area (Å²) in [6.07, 6.45) is 1.12. The van der Waals surface area contributed by atoms with Crippen LogP contribution in [0.4, 0.5) is 5.13 Å². The summed E-state index contributed by atoms with van der Waals surface area (Å²) in [7, 11) is -2.24. The molecule has 0 aromatic carbocycles. The van der Waals surface area contributed by atoms with E-state index in [4.69, 9.17) is 27.4 Å². The molecular weight excluding hydrogens is 486 g/mol. The third-order valence-electron chi connectivity index (χ3n) is 2.98. The minimum absolute atomic E-state index is 0.0266. The first kappa shape index (κ1) is 26.7. The van der Waals surface area contributed by atoms with Crippen molar-refractivity contribution in [2.75, 3.05) is 19.3 Å². The van der Waals surface area contributed by atoms with Crippen LogP contribution in [0.2, 0.25) is 0 Å². The van der Waals surface area contributed by atoms with Gasteiger partial charge in [0, 0.05) is 36.1 Å². The number of carboxylic acid groups (broad SMARTS) is 2. The predicted molar refractivity (Wildman–Crippen MR) is 122 cm³/mol. The molecule has 1 aromatic heterocycles. The van der Waals surface area contributed by atoms with Gasteiger partial charge in [0.2, 0.25) is 17.1 Å². The molecule has 2 rings (SSSR count). The number of nitrogens with one attached hydrogen (secondary N) is 1. The number of nitrogens with two attached hydrogens (primary N) is 3. The van der Waals surface area contributed by atoms with Gasteiger partial charge >= 0.3 is 22.1 Å². The first-order valence-electron chi connectivity index (χ1n) is 8.31. The molecule has 0 spiro atoms. The molecule has 0 saturated carbocycles. The first-order chi connectivity index (χ1) is 14.9. The normalized spacial score (nSPS) is 16.0. The van der Waals surface area contributed by atoms with Gasteiger partial charge in [-0.1, -0.05) is 0 Å². The lowest BCUT2D eigenvalue weighted by molar-refractivity contribution is -0.134. The zero-order chi connectivity index (χ0) is 24.3. The Balaban J connectivity index is 0.000000547. The van der Waals surface area contributed by atoms with Crippen LogP contribution in [0.25, 0.3) is 0 Å². The molecular formula is C14H21N9O6S3. The molecule has 9 N–H and O–H groups in total. The fraction of sp³-hybridized carbons (Fsp3) is 0.286. The molecule has 0 fully saturated rings. The highest BCUT2D eigenvalue weighted by Crippen LogP contribution is 2.21. The van der Waals surface area contributed by atoms with Crippen molar-refractivity contribution < 1.29 is 28.2 Å². The molecule has 0 unspecified atom stereocenters. The Kier molecular flexibility index (Phi) is 10.4. The van der Waals surface area contributed by atoms with Gasteiger partial charge in [0.15, 0.2) is 5.96 Å². The lowest BCUT2D eigenvalue weighted by Gasteiger charge is -2.24. The Bertz CT molecular complexity index is 1030. The van der Waals surface area contributed by atoms with Gasteiger partial charge in [0.25, 0.3) is 0 Å². The maximum Gasteiger partial charge on any atom is 0.347 e. The average Bonchev–Trinajstić information content (AvgIpc) is 3.10. The Hall–Kier alpha value is -3.38. The smallest absolute Gasteiger partial charge is 0.347 e. The predicted octanol–water partition coefficient (Wildman–Crippen LogP) is -1.56. The number of nitrogens with zero attached hydrogens (tertiary/aromatic N) is 5. The van der Waals surface area contributed by atoms with E-state index in [1.807, 2.05) is 5.38 Å². The van der Waals surface area contributed by atoms with Crippen molar-refractivity contribution >= 4 is 68.3 Å². The van der Waals surface area contributed by atoms with Gasteiger partial charge in [-0.2, -0.15) is 25.2 Å². The maximum absolute atomic E-state index is 11.4. The fourth-order valence-electron chi connectivity index (χ4n) is 1.70. The summed E-state index contributed by atoms with van der Waals surface area (Å²) in [4.78, 5) is 32.8. The lowest BCUT2D eigenvalue weighted by Crippen LogP contribution is -2.52. The average molecular weight is 508 g/mol. The molecule has 0 saturated heterocycles. The minimum Gasteiger partial charge on any atom is -0.478 e. The number of guanidine groups is 3. The third kappa shape index (κ3) is 10.6. The quantitative estimate of drug-likeness (QED) is 0.101. The van der Waals surface area contributed by atoms with Crippen LogP contribution < -0.4 is 21.9 Å². The zero-order valence-electron chi connectivity index (χ0n) is 16.6. The monoisotopic (exact) mass is 507 g/mol. The molecule has 0 aliphatic carbocycles. The highest BCUT2D eigenvalue weighted by Gasteiger charge is 2.24. The van der Waals surface area contributed by atoms with E-state index in [0.717, 1.165) is 5.69 Å². The first-order valence-corrected chi connectivity index (χ1v) is 11.8. The number of carbonyl (C=O) groups is 2. The van der Waals surface area contributed by atoms with E-state index in [0.29, 0.717) is 35.3 Å². The summed E-state index contributed by atoms with van der Waals surface area (Å²) in [6.45, 7) is 0.408. The molecule has 1 aromatic rings. The van der Waals surface area contributed by atoms with Gasteiger partial charge in [0.1, 0.15) is 0 Å². The van der Waals surface area contributed by atoms with E-state index in [9.17, 15) is 18.0 Å². The Labute approximate surface area is 191 Å². The van der Waals surface area contributed by atoms with Crippen LogP contribution in [-0.4, -0.2) is 77.7 Å². The number of aliphatic carboxylic acids is 2. The van der Waals surface area contributed by atoms with Gasteiger partial charge in [-0.05, 0) is 0 Å². The molecule has 176 valence electrons. The largest absolute Gasteiger partial charge is 0.478 e. The van der Waals surface area contributed by atoms with Gasteiger partial charge < -0.3 is 27.4 Å². The van der Waals surface area contributed by atoms with E-state index in [-0.39, 0.29) is 17.9 Å². The Morgan fingerprint density at radius 2 is 1.94 bits per heavy atom. The number of rotatable bonds is 8. The molecule has 32 heavy (non-hydrogen) atoms. The topological polar surface area (TPSA) is 252 Å². The highest BCUT2D eigenvalue weighted by atomic mass is 32.2. The standard InChI is InChI=1S/C10H17N9O2S3.C4H4O4/c1-19-8(13)17-24(20,21)18-9(19)14-2-3-22-4-6-5-23-10(15-6)16-7(11)12;5-3(6)1-2-4(7)8/h5H,2-4H2,1H3,(H2,13,17)(H,14,18)(H4,11,12,15,16);1-2H,(H,5,6)(H,7,8)/b;2-1-. The molecule has 0 radical (unpaired) electrons. The number of thiazole rings is 1. The summed E-state index contributed by atoms with van der Waals surface area (Å²) in [5, 5.41) is 18.0. The van der Waals surface area contributed by atoms with Crippen molar-refractivity contribution in [2.45, 2.75) is 5.75 Å². The Morgan fingerprint density at radius 3 is 2.50 bits per heavy atom. The number of carboxylic acids is 2. The van der Waals surface area contributed by atoms with Gasteiger partial charge in [0.05, 0.1) is 12.2 Å². The number of hydrogen-bond donors (Lipinski definition) is 6. The number of aliphatic imine (C=N–C) groups is 2. The molecule has 0 bridgehead atoms. The van der Waals surface area contributed by atoms with Gasteiger partial charge in [-0.3, -0.25) is 9.89 Å². The van der Waals surface area contributed by atoms with Crippen LogP contribution in [-0.2, 0) is 25.6 Å². The lowest BCUT2D eigenvalue weighted by atomic mass is 10.5. The molecule has 1 aliphatic heterocycles. The van der Waals surface area contributed by atoms with Crippen molar-refractivity contribution in [3.63, 3.8) is 0 Å². The fourth-order valence-corrected chi connectivity index (χ4v) is 4.08. The molecule has 2 heterocycles. The summed E-state index contributed by atoms with van der Waals surface area (Å²) >= 11 is 2.95. The zero-order valence-corrected chi connectivity index (χ0v) is 19.0. The van der Waals surface area contributed by atoms with Crippen molar-refractivity contribution in [1.82, 2.24) is 14.6 Å². The van der Waals surface area contributed by atoms with Crippen LogP contribution in [0.15, 0.2) is 31.9 Å². The number of hydrogen-bond acceptors (Lipinski definition) is 10. The summed E-state index contributed by atoms with van der Waals surface area (Å²) in [5.74, 6) is -1.18. The van der Waals surface area contributed by atoms with Crippen LogP contribution in [0.5, 0.6) is 0 Å². The summed E-state index contributed by atoms with van der Waals surface area (Å²) < 4.78 is 28.4. The molecule has 1 aliphatic rings. The van der Waals surface area contributed by atoms with Crippen molar-refractivity contribution in [3.05, 3.63) is 23.2 Å². The van der Waals surface area contributed by atoms with Gasteiger partial charge in [-0.25, -0.2) is 19.3 Å². The van der Waals surface area contributed by atoms with Gasteiger partial charge in [-0.15, -0.1) is 15.7 Å². The second-order valence-electron chi connectivity index (χ2n) is 5.51. The van der Waals surface area contributed by atoms with E-state index < -0.39 is 22.1 Å². The van der Waals surface area contributed by atoms with Crippen molar-refractivity contribution in [2.24, 2.45) is 31.6 Å². The number of thioether (sulfide) groups is 1. The van der Waals surface area contributed by atoms with Crippen LogP contribution >= 0.6 is 23.1 Å². The van der Waals surface area contributed by atoms with E-state index >= 15 is 0 Å². The molecule has 15 nitrogen and oxygen atoms in total. The molecule has 0 amide bonds.